The van der Waals surface area contributed by atoms with Crippen molar-refractivity contribution in [1.29, 1.82) is 0 Å². The number of ether oxygens (including phenoxy) is 2. The Balaban J connectivity index is 1.67. The van der Waals surface area contributed by atoms with Gasteiger partial charge in [-0.3, -0.25) is 0 Å². The average Bonchev–Trinajstić information content (AvgIpc) is 2.90. The maximum atomic E-state index is 14.4. The van der Waals surface area contributed by atoms with Gasteiger partial charge in [-0.1, -0.05) is 60.1 Å². The molecular weight excluding hydrogens is 491 g/mol. The zero-order valence-electron chi connectivity index (χ0n) is 19.6. The van der Waals surface area contributed by atoms with E-state index in [0.29, 0.717) is 44.1 Å². The molecule has 0 amide bonds. The fraction of sp³-hybridized carbons (Fsp3) is 0.321. The Bertz CT molecular complexity index is 1160. The molecule has 3 aromatic rings. The van der Waals surface area contributed by atoms with Crippen LogP contribution in [0.4, 0.5) is 13.2 Å². The molecule has 0 bridgehead atoms. The van der Waals surface area contributed by atoms with Crippen LogP contribution in [0.5, 0.6) is 0 Å². The van der Waals surface area contributed by atoms with E-state index in [1.807, 2.05) is 42.5 Å². The predicted molar refractivity (Wildman–Crippen MR) is 131 cm³/mol. The van der Waals surface area contributed by atoms with Gasteiger partial charge < -0.3 is 19.2 Å². The summed E-state index contributed by atoms with van der Waals surface area (Å²) in [5.74, 6) is -4.06. The number of benzene rings is 3. The van der Waals surface area contributed by atoms with Crippen LogP contribution in [0.2, 0.25) is 5.02 Å². The first-order chi connectivity index (χ1) is 17.4. The quantitative estimate of drug-likeness (QED) is 0.242. The highest BCUT2D eigenvalue weighted by atomic mass is 35.5. The van der Waals surface area contributed by atoms with Crippen molar-refractivity contribution in [2.45, 2.75) is 37.8 Å². The van der Waals surface area contributed by atoms with E-state index in [1.165, 1.54) is 6.07 Å². The third-order valence-corrected chi connectivity index (χ3v) is 6.79. The molecular formula is C28H27ClF3NO3. The van der Waals surface area contributed by atoms with Gasteiger partial charge in [0, 0.05) is 36.6 Å². The number of hydrogen-bond acceptors (Lipinski definition) is 4. The van der Waals surface area contributed by atoms with E-state index in [1.54, 1.807) is 12.1 Å². The predicted octanol–water partition coefficient (Wildman–Crippen LogP) is 6.05. The van der Waals surface area contributed by atoms with Gasteiger partial charge in [0.1, 0.15) is 18.0 Å². The van der Waals surface area contributed by atoms with Crippen LogP contribution in [0.15, 0.2) is 66.7 Å². The number of halogens is 4. The Morgan fingerprint density at radius 1 is 0.972 bits per heavy atom. The van der Waals surface area contributed by atoms with Crippen LogP contribution in [0.25, 0.3) is 0 Å². The molecule has 0 aromatic heterocycles. The summed E-state index contributed by atoms with van der Waals surface area (Å²) in [6.07, 6.45) is 1.16. The zero-order valence-corrected chi connectivity index (χ0v) is 20.4. The Morgan fingerprint density at radius 3 is 2.44 bits per heavy atom. The van der Waals surface area contributed by atoms with Crippen molar-refractivity contribution < 1.29 is 27.4 Å². The van der Waals surface area contributed by atoms with Gasteiger partial charge in [0.15, 0.2) is 17.5 Å². The number of piperidine rings is 1. The summed E-state index contributed by atoms with van der Waals surface area (Å²) in [7, 11) is 0. The van der Waals surface area contributed by atoms with Gasteiger partial charge in [-0.15, -0.1) is 0 Å². The van der Waals surface area contributed by atoms with E-state index >= 15 is 0 Å². The van der Waals surface area contributed by atoms with Crippen molar-refractivity contribution in [3.8, 4) is 0 Å². The molecule has 0 saturated carbocycles. The van der Waals surface area contributed by atoms with Gasteiger partial charge in [-0.2, -0.15) is 0 Å². The van der Waals surface area contributed by atoms with Crippen molar-refractivity contribution in [3.63, 3.8) is 0 Å². The Labute approximate surface area is 213 Å². The summed E-state index contributed by atoms with van der Waals surface area (Å²) in [6, 6.07) is 19.1. The number of aldehydes is 1. The first-order valence-corrected chi connectivity index (χ1v) is 12.1. The van der Waals surface area contributed by atoms with Crippen LogP contribution in [0, 0.1) is 17.5 Å². The van der Waals surface area contributed by atoms with Crippen molar-refractivity contribution in [2.75, 3.05) is 19.6 Å². The number of likely N-dealkylation sites (tertiary alicyclic amines) is 1. The van der Waals surface area contributed by atoms with Crippen molar-refractivity contribution in [2.24, 2.45) is 0 Å². The van der Waals surface area contributed by atoms with Gasteiger partial charge in [0.05, 0.1) is 13.2 Å². The van der Waals surface area contributed by atoms with E-state index in [-0.39, 0.29) is 12.2 Å². The number of hydrogen-bond donors (Lipinski definition) is 0. The van der Waals surface area contributed by atoms with Crippen LogP contribution < -0.4 is 0 Å². The van der Waals surface area contributed by atoms with Crippen LogP contribution >= 0.6 is 11.6 Å². The lowest BCUT2D eigenvalue weighted by Crippen LogP contribution is -2.56. The topological polar surface area (TPSA) is 38.8 Å². The minimum absolute atomic E-state index is 0.0908. The maximum absolute atomic E-state index is 14.4. The largest absolute Gasteiger partial charge is 0.369 e. The molecule has 0 unspecified atom stereocenters. The molecule has 0 radical (unpaired) electrons. The summed E-state index contributed by atoms with van der Waals surface area (Å²) < 4.78 is 54.5. The molecule has 1 saturated heterocycles. The lowest BCUT2D eigenvalue weighted by atomic mass is 9.81. The fourth-order valence-corrected chi connectivity index (χ4v) is 4.67. The van der Waals surface area contributed by atoms with Gasteiger partial charge in [-0.25, -0.2) is 13.2 Å². The van der Waals surface area contributed by atoms with E-state index in [0.717, 1.165) is 23.5 Å². The van der Waals surface area contributed by atoms with Crippen LogP contribution in [0.3, 0.4) is 0 Å². The highest BCUT2D eigenvalue weighted by molar-refractivity contribution is 6.30. The highest BCUT2D eigenvalue weighted by Gasteiger charge is 2.46. The molecule has 8 heteroatoms. The molecule has 2 atom stereocenters. The standard InChI is InChI=1S/C28H27ClF3NO3/c29-23-10-8-22(9-11-23)28(36-18-20-5-2-1-3-6-20)13-15-33(14-4-16-34)17-25(28)35-19-21-7-12-24(30)27(32)26(21)31/h1-3,5-12,16,25H,4,13-15,17-19H2/t25-,28+/m0/s1. The zero-order chi connectivity index (χ0) is 25.5. The van der Waals surface area contributed by atoms with Crippen molar-refractivity contribution in [3.05, 3.63) is 106 Å². The summed E-state index contributed by atoms with van der Waals surface area (Å²) in [6.45, 7) is 1.61. The molecule has 1 aliphatic heterocycles. The molecule has 1 heterocycles. The molecule has 0 aliphatic carbocycles. The smallest absolute Gasteiger partial charge is 0.194 e. The summed E-state index contributed by atoms with van der Waals surface area (Å²) in [4.78, 5) is 13.1. The SMILES string of the molecule is O=CCCN1CC[C@@](OCc2ccccc2)(c2ccc(Cl)cc2)[C@@H](OCc2ccc(F)c(F)c2F)C1. The molecule has 1 aliphatic rings. The third-order valence-electron chi connectivity index (χ3n) is 6.53. The molecule has 190 valence electrons. The second-order valence-corrected chi connectivity index (χ2v) is 9.25. The Morgan fingerprint density at radius 2 is 1.72 bits per heavy atom. The lowest BCUT2D eigenvalue weighted by molar-refractivity contribution is -0.193. The van der Waals surface area contributed by atoms with E-state index in [4.69, 9.17) is 21.1 Å². The van der Waals surface area contributed by atoms with Crippen molar-refractivity contribution in [1.82, 2.24) is 4.90 Å². The number of carbonyl (C=O) groups is 1. The third kappa shape index (κ3) is 5.98. The summed E-state index contributed by atoms with van der Waals surface area (Å²) in [5, 5.41) is 0.571. The monoisotopic (exact) mass is 517 g/mol. The number of carbonyl (C=O) groups excluding carboxylic acids is 1. The van der Waals surface area contributed by atoms with Gasteiger partial charge >= 0.3 is 0 Å². The maximum Gasteiger partial charge on any atom is 0.194 e. The minimum Gasteiger partial charge on any atom is -0.369 e. The summed E-state index contributed by atoms with van der Waals surface area (Å²) >= 11 is 6.15. The van der Waals surface area contributed by atoms with Crippen molar-refractivity contribution >= 4 is 17.9 Å². The molecule has 0 spiro atoms. The van der Waals surface area contributed by atoms with E-state index in [9.17, 15) is 18.0 Å². The number of nitrogens with zero attached hydrogens (tertiary/aromatic N) is 1. The normalized spacial score (nSPS) is 20.4. The minimum atomic E-state index is -1.53. The van der Waals surface area contributed by atoms with Crippen LogP contribution in [-0.4, -0.2) is 36.9 Å². The van der Waals surface area contributed by atoms with Crippen LogP contribution in [-0.2, 0) is 33.1 Å². The molecule has 4 nitrogen and oxygen atoms in total. The molecule has 4 rings (SSSR count). The molecule has 36 heavy (non-hydrogen) atoms. The molecule has 1 fully saturated rings. The summed E-state index contributed by atoms with van der Waals surface area (Å²) in [5.41, 5.74) is 0.799. The van der Waals surface area contributed by atoms with Crippen LogP contribution in [0.1, 0.15) is 29.5 Å². The Hall–Kier alpha value is -2.71. The van der Waals surface area contributed by atoms with E-state index < -0.39 is 29.2 Å². The van der Waals surface area contributed by atoms with E-state index in [2.05, 4.69) is 4.90 Å². The first kappa shape index (κ1) is 26.4. The molecule has 0 N–H and O–H groups in total. The highest BCUT2D eigenvalue weighted by Crippen LogP contribution is 2.40. The Kier molecular flexibility index (Phi) is 8.80. The number of rotatable bonds is 10. The molecule has 3 aromatic carbocycles. The second kappa shape index (κ2) is 12.0. The average molecular weight is 518 g/mol. The van der Waals surface area contributed by atoms with Gasteiger partial charge in [0.2, 0.25) is 0 Å². The lowest BCUT2D eigenvalue weighted by Gasteiger charge is -2.47. The van der Waals surface area contributed by atoms with Gasteiger partial charge in [-0.05, 0) is 35.7 Å². The van der Waals surface area contributed by atoms with Gasteiger partial charge in [0.25, 0.3) is 0 Å². The first-order valence-electron chi connectivity index (χ1n) is 11.8. The fourth-order valence-electron chi connectivity index (χ4n) is 4.55. The second-order valence-electron chi connectivity index (χ2n) is 8.81.